The van der Waals surface area contributed by atoms with E-state index in [1.165, 1.54) is 96.4 Å². The third-order valence-corrected chi connectivity index (χ3v) is 6.07. The van der Waals surface area contributed by atoms with Crippen LogP contribution in [0, 0.1) is 0 Å². The minimum absolute atomic E-state index is 0. The van der Waals surface area contributed by atoms with Crippen LogP contribution < -0.4 is 23.0 Å². The minimum atomic E-state index is 0. The first-order valence-corrected chi connectivity index (χ1v) is 11.7. The Hall–Kier alpha value is 0.130. The van der Waals surface area contributed by atoms with E-state index in [0.29, 0.717) is 6.17 Å². The van der Waals surface area contributed by atoms with Gasteiger partial charge in [0.25, 0.3) is 0 Å². The molecule has 2 unspecified atom stereocenters. The molecule has 1 fully saturated rings. The molecule has 0 aromatic heterocycles. The summed E-state index contributed by atoms with van der Waals surface area (Å²) in [5.74, 6) is 0. The van der Waals surface area contributed by atoms with Gasteiger partial charge in [-0.2, -0.15) is 0 Å². The van der Waals surface area contributed by atoms with Crippen molar-refractivity contribution in [3.05, 3.63) is 0 Å². The average Bonchev–Trinajstić information content (AvgIpc) is 3.01. The van der Waals surface area contributed by atoms with Gasteiger partial charge in [-0.3, -0.25) is 0 Å². The molecular weight excluding hydrogens is 358 g/mol. The van der Waals surface area contributed by atoms with Crippen molar-refractivity contribution in [3.8, 4) is 0 Å². The van der Waals surface area contributed by atoms with Crippen molar-refractivity contribution in [1.29, 1.82) is 0 Å². The van der Waals surface area contributed by atoms with Crippen LogP contribution in [-0.2, 0) is 0 Å². The molecule has 0 saturated carbocycles. The maximum absolute atomic E-state index is 9.27. The number of quaternary nitrogens is 1. The van der Waals surface area contributed by atoms with Crippen molar-refractivity contribution in [3.63, 3.8) is 0 Å². The molecule has 0 aliphatic carbocycles. The molecule has 0 bridgehead atoms. The first-order valence-electron chi connectivity index (χ1n) is 11.7. The third kappa shape index (κ3) is 13.1. The van der Waals surface area contributed by atoms with Gasteiger partial charge in [0.1, 0.15) is 6.17 Å². The standard InChI is InChI=1S/C22H47N3O.ClH/c1-2-3-4-5-6-7-8-9-10-11-12-13-14-15-22-24(17-16-23)18-19-25(22)20-21-26;/h22,26H,2-21,23H2,1H3;1H. The highest BCUT2D eigenvalue weighted by Gasteiger charge is 2.33. The lowest BCUT2D eigenvalue weighted by Crippen LogP contribution is -3.15. The van der Waals surface area contributed by atoms with E-state index in [2.05, 4.69) is 11.8 Å². The Kier molecular flexibility index (Phi) is 19.5. The highest BCUT2D eigenvalue weighted by Crippen LogP contribution is 2.14. The lowest BCUT2D eigenvalue weighted by molar-refractivity contribution is -0.917. The van der Waals surface area contributed by atoms with Crippen molar-refractivity contribution in [1.82, 2.24) is 4.90 Å². The maximum atomic E-state index is 9.27. The number of nitrogens with zero attached hydrogens (tertiary/aromatic N) is 1. The van der Waals surface area contributed by atoms with E-state index in [4.69, 9.17) is 5.73 Å². The number of nitrogens with two attached hydrogens (primary N) is 1. The Morgan fingerprint density at radius 1 is 0.889 bits per heavy atom. The van der Waals surface area contributed by atoms with Gasteiger partial charge in [0.05, 0.1) is 26.2 Å². The summed E-state index contributed by atoms with van der Waals surface area (Å²) >= 11 is 0. The van der Waals surface area contributed by atoms with Crippen molar-refractivity contribution in [2.75, 3.05) is 39.3 Å². The number of aliphatic hydroxyl groups is 1. The molecule has 4 N–H and O–H groups in total. The van der Waals surface area contributed by atoms with Crippen LogP contribution in [0.3, 0.4) is 0 Å². The summed E-state index contributed by atoms with van der Waals surface area (Å²) in [6, 6.07) is 0. The number of halogens is 1. The molecule has 0 amide bonds. The molecular formula is C22H48ClN3O. The average molecular weight is 406 g/mol. The van der Waals surface area contributed by atoms with Crippen LogP contribution in [0.15, 0.2) is 0 Å². The van der Waals surface area contributed by atoms with E-state index in [1.807, 2.05) is 0 Å². The highest BCUT2D eigenvalue weighted by molar-refractivity contribution is 4.68. The number of hydrogen-bond donors (Lipinski definition) is 3. The van der Waals surface area contributed by atoms with E-state index in [9.17, 15) is 5.11 Å². The van der Waals surface area contributed by atoms with Gasteiger partial charge in [0, 0.05) is 19.5 Å². The predicted octanol–water partition coefficient (Wildman–Crippen LogP) is -0.0507. The van der Waals surface area contributed by atoms with E-state index in [0.717, 1.165) is 26.2 Å². The molecule has 5 heteroatoms. The van der Waals surface area contributed by atoms with Gasteiger partial charge in [-0.25, -0.2) is 4.90 Å². The zero-order valence-corrected chi connectivity index (χ0v) is 18.8. The van der Waals surface area contributed by atoms with Crippen LogP contribution in [0.5, 0.6) is 0 Å². The van der Waals surface area contributed by atoms with Crippen LogP contribution in [0.1, 0.15) is 96.8 Å². The fourth-order valence-corrected chi connectivity index (χ4v) is 4.48. The topological polar surface area (TPSA) is 53.9 Å². The van der Waals surface area contributed by atoms with Crippen molar-refractivity contribution < 1.29 is 22.4 Å². The summed E-state index contributed by atoms with van der Waals surface area (Å²) in [7, 11) is 0. The number of β-amino-alcohol motifs (C(OH)–C–C–N with tert-alkyl or cyclic N) is 1. The van der Waals surface area contributed by atoms with Gasteiger partial charge in [0.15, 0.2) is 0 Å². The zero-order chi connectivity index (χ0) is 18.9. The number of nitrogens with one attached hydrogen (secondary N) is 1. The molecule has 1 saturated heterocycles. The zero-order valence-electron chi connectivity index (χ0n) is 18.1. The smallest absolute Gasteiger partial charge is 0.144 e. The molecule has 0 radical (unpaired) electrons. The Balaban J connectivity index is 0.00000676. The molecule has 2 atom stereocenters. The second-order valence-corrected chi connectivity index (χ2v) is 8.25. The van der Waals surface area contributed by atoms with E-state index in [-0.39, 0.29) is 19.0 Å². The molecule has 1 aliphatic heterocycles. The van der Waals surface area contributed by atoms with Crippen molar-refractivity contribution in [2.24, 2.45) is 5.73 Å². The monoisotopic (exact) mass is 405 g/mol. The number of hydrogen-bond acceptors (Lipinski definition) is 3. The summed E-state index contributed by atoms with van der Waals surface area (Å²) < 4.78 is 0. The maximum Gasteiger partial charge on any atom is 0.144 e. The van der Waals surface area contributed by atoms with E-state index < -0.39 is 0 Å². The summed E-state index contributed by atoms with van der Waals surface area (Å²) in [4.78, 5) is 4.12. The van der Waals surface area contributed by atoms with E-state index >= 15 is 0 Å². The lowest BCUT2D eigenvalue weighted by Gasteiger charge is -2.26. The summed E-state index contributed by atoms with van der Waals surface area (Å²) in [6.07, 6.45) is 20.3. The SMILES string of the molecule is CCCCCCCCCCCCCCCC1N(CCO)CC[NH+]1CCN.[Cl-]. The minimum Gasteiger partial charge on any atom is -1.00 e. The third-order valence-electron chi connectivity index (χ3n) is 6.07. The van der Waals surface area contributed by atoms with Crippen LogP contribution in [-0.4, -0.2) is 55.5 Å². The number of unbranched alkanes of at least 4 members (excludes halogenated alkanes) is 12. The Labute approximate surface area is 175 Å². The number of rotatable bonds is 18. The molecule has 0 aromatic carbocycles. The van der Waals surface area contributed by atoms with Gasteiger partial charge < -0.3 is 28.1 Å². The summed E-state index contributed by atoms with van der Waals surface area (Å²) in [6.45, 7) is 7.57. The molecule has 1 heterocycles. The largest absolute Gasteiger partial charge is 1.00 e. The molecule has 1 rings (SSSR count). The van der Waals surface area contributed by atoms with Crippen LogP contribution >= 0.6 is 0 Å². The van der Waals surface area contributed by atoms with Gasteiger partial charge >= 0.3 is 0 Å². The van der Waals surface area contributed by atoms with Gasteiger partial charge in [-0.05, 0) is 6.42 Å². The highest BCUT2D eigenvalue weighted by atomic mass is 35.5. The molecule has 1 aliphatic rings. The van der Waals surface area contributed by atoms with Gasteiger partial charge in [-0.1, -0.05) is 84.0 Å². The molecule has 27 heavy (non-hydrogen) atoms. The van der Waals surface area contributed by atoms with Crippen LogP contribution in [0.4, 0.5) is 0 Å². The Morgan fingerprint density at radius 2 is 1.41 bits per heavy atom. The van der Waals surface area contributed by atoms with Gasteiger partial charge in [0.2, 0.25) is 0 Å². The Morgan fingerprint density at radius 3 is 1.89 bits per heavy atom. The van der Waals surface area contributed by atoms with Crippen LogP contribution in [0.25, 0.3) is 0 Å². The van der Waals surface area contributed by atoms with Gasteiger partial charge in [-0.15, -0.1) is 0 Å². The molecule has 4 nitrogen and oxygen atoms in total. The summed E-state index contributed by atoms with van der Waals surface area (Å²) in [5, 5.41) is 9.27. The Bertz CT molecular complexity index is 293. The fraction of sp³-hybridized carbons (Fsp3) is 1.00. The first-order chi connectivity index (χ1) is 12.8. The first kappa shape index (κ1) is 27.1. The lowest BCUT2D eigenvalue weighted by atomic mass is 10.0. The fourth-order valence-electron chi connectivity index (χ4n) is 4.48. The molecule has 0 spiro atoms. The van der Waals surface area contributed by atoms with Crippen LogP contribution in [0.2, 0.25) is 0 Å². The van der Waals surface area contributed by atoms with E-state index in [1.54, 1.807) is 4.90 Å². The quantitative estimate of drug-likeness (QED) is 0.280. The normalized spacial score (nSPS) is 20.1. The molecule has 0 aromatic rings. The van der Waals surface area contributed by atoms with Crippen molar-refractivity contribution in [2.45, 2.75) is 103 Å². The second kappa shape index (κ2) is 19.4. The second-order valence-electron chi connectivity index (χ2n) is 8.25. The molecule has 164 valence electrons. The predicted molar refractivity (Wildman–Crippen MR) is 113 cm³/mol. The summed E-state index contributed by atoms with van der Waals surface area (Å²) in [5.41, 5.74) is 5.78. The van der Waals surface area contributed by atoms with Crippen molar-refractivity contribution >= 4 is 0 Å². The number of aliphatic hydroxyl groups excluding tert-OH is 1.